The van der Waals surface area contributed by atoms with Gasteiger partial charge in [0.2, 0.25) is 0 Å². The molecule has 0 bridgehead atoms. The molecule has 1 aliphatic carbocycles. The van der Waals surface area contributed by atoms with Crippen molar-refractivity contribution >= 4 is 0 Å². The lowest BCUT2D eigenvalue weighted by Crippen LogP contribution is -2.37. The summed E-state index contributed by atoms with van der Waals surface area (Å²) in [7, 11) is 1.73. The number of hydrogen-bond acceptors (Lipinski definition) is 4. The number of rotatable bonds is 6. The molecule has 1 heterocycles. The van der Waals surface area contributed by atoms with E-state index in [9.17, 15) is 0 Å². The van der Waals surface area contributed by atoms with E-state index in [1.165, 1.54) is 0 Å². The summed E-state index contributed by atoms with van der Waals surface area (Å²) in [5, 5.41) is 8.15. The molecule has 2 rings (SSSR count). The molecule has 0 amide bonds. The molecule has 0 aliphatic heterocycles. The standard InChI is InChI=1S/C11H20N4O/c1-16-4-2-3-15-8-13-14-11(15)7-9-5-10(12)6-9/h8-10H,2-7,12H2,1H3. The second-order valence-electron chi connectivity index (χ2n) is 4.59. The molecule has 0 atom stereocenters. The highest BCUT2D eigenvalue weighted by Gasteiger charge is 2.27. The number of nitrogens with two attached hydrogens (primary N) is 1. The summed E-state index contributed by atoms with van der Waals surface area (Å²) in [6, 6.07) is 0.412. The molecule has 16 heavy (non-hydrogen) atoms. The highest BCUT2D eigenvalue weighted by molar-refractivity contribution is 4.94. The third-order valence-corrected chi connectivity index (χ3v) is 3.19. The van der Waals surface area contributed by atoms with Crippen LogP contribution in [-0.2, 0) is 17.7 Å². The molecular weight excluding hydrogens is 204 g/mol. The van der Waals surface area contributed by atoms with E-state index in [0.29, 0.717) is 12.0 Å². The normalized spacial score (nSPS) is 24.4. The van der Waals surface area contributed by atoms with Crippen molar-refractivity contribution in [1.82, 2.24) is 14.8 Å². The molecule has 0 spiro atoms. The first-order chi connectivity index (χ1) is 7.79. The van der Waals surface area contributed by atoms with Crippen LogP contribution in [0.5, 0.6) is 0 Å². The van der Waals surface area contributed by atoms with Gasteiger partial charge in [0.25, 0.3) is 0 Å². The fraction of sp³-hybridized carbons (Fsp3) is 0.818. The Labute approximate surface area is 96.0 Å². The predicted molar refractivity (Wildman–Crippen MR) is 60.9 cm³/mol. The summed E-state index contributed by atoms with van der Waals surface area (Å²) >= 11 is 0. The van der Waals surface area contributed by atoms with Crippen LogP contribution in [0, 0.1) is 5.92 Å². The number of methoxy groups -OCH3 is 1. The maximum absolute atomic E-state index is 5.77. The lowest BCUT2D eigenvalue weighted by Gasteiger charge is -2.32. The second kappa shape index (κ2) is 5.41. The zero-order valence-corrected chi connectivity index (χ0v) is 9.80. The van der Waals surface area contributed by atoms with Crippen molar-refractivity contribution in [3.05, 3.63) is 12.2 Å². The minimum absolute atomic E-state index is 0.412. The molecule has 2 N–H and O–H groups in total. The molecule has 0 radical (unpaired) electrons. The van der Waals surface area contributed by atoms with Crippen LogP contribution in [0.4, 0.5) is 0 Å². The fourth-order valence-corrected chi connectivity index (χ4v) is 2.22. The quantitative estimate of drug-likeness (QED) is 0.718. The number of nitrogens with zero attached hydrogens (tertiary/aromatic N) is 3. The van der Waals surface area contributed by atoms with E-state index >= 15 is 0 Å². The Morgan fingerprint density at radius 2 is 2.38 bits per heavy atom. The van der Waals surface area contributed by atoms with E-state index < -0.39 is 0 Å². The molecule has 1 aromatic rings. The minimum Gasteiger partial charge on any atom is -0.385 e. The van der Waals surface area contributed by atoms with E-state index in [2.05, 4.69) is 14.8 Å². The average Bonchev–Trinajstić information content (AvgIpc) is 2.64. The SMILES string of the molecule is COCCCn1cnnc1CC1CC(N)C1. The molecule has 0 saturated heterocycles. The molecule has 5 heteroatoms. The first kappa shape index (κ1) is 11.5. The van der Waals surface area contributed by atoms with E-state index in [1.807, 2.05) is 6.33 Å². The predicted octanol–water partition coefficient (Wildman–Crippen LogP) is 0.594. The third-order valence-electron chi connectivity index (χ3n) is 3.19. The Hall–Kier alpha value is -0.940. The summed E-state index contributed by atoms with van der Waals surface area (Å²) < 4.78 is 7.16. The van der Waals surface area contributed by atoms with Crippen LogP contribution in [-0.4, -0.2) is 34.5 Å². The second-order valence-corrected chi connectivity index (χ2v) is 4.59. The molecule has 1 fully saturated rings. The van der Waals surface area contributed by atoms with Gasteiger partial charge in [-0.25, -0.2) is 0 Å². The van der Waals surface area contributed by atoms with Crippen molar-refractivity contribution in [1.29, 1.82) is 0 Å². The summed E-state index contributed by atoms with van der Waals surface area (Å²) in [5.74, 6) is 1.80. The Morgan fingerprint density at radius 1 is 1.56 bits per heavy atom. The van der Waals surface area contributed by atoms with Gasteiger partial charge in [0.15, 0.2) is 0 Å². The van der Waals surface area contributed by atoms with Gasteiger partial charge in [0.1, 0.15) is 12.2 Å². The molecule has 0 unspecified atom stereocenters. The highest BCUT2D eigenvalue weighted by Crippen LogP contribution is 2.28. The van der Waals surface area contributed by atoms with Crippen LogP contribution in [0.1, 0.15) is 25.1 Å². The molecule has 5 nitrogen and oxygen atoms in total. The highest BCUT2D eigenvalue weighted by atomic mass is 16.5. The van der Waals surface area contributed by atoms with E-state index in [1.54, 1.807) is 7.11 Å². The van der Waals surface area contributed by atoms with Gasteiger partial charge in [-0.2, -0.15) is 0 Å². The Balaban J connectivity index is 1.81. The first-order valence-corrected chi connectivity index (χ1v) is 5.90. The zero-order valence-electron chi connectivity index (χ0n) is 9.80. The van der Waals surface area contributed by atoms with Crippen molar-refractivity contribution in [3.63, 3.8) is 0 Å². The molecule has 1 aromatic heterocycles. The van der Waals surface area contributed by atoms with Crippen molar-refractivity contribution in [2.45, 2.75) is 38.3 Å². The maximum atomic E-state index is 5.77. The first-order valence-electron chi connectivity index (χ1n) is 5.90. The van der Waals surface area contributed by atoms with Crippen LogP contribution in [0.2, 0.25) is 0 Å². The van der Waals surface area contributed by atoms with Crippen LogP contribution in [0.25, 0.3) is 0 Å². The largest absolute Gasteiger partial charge is 0.385 e. The van der Waals surface area contributed by atoms with Crippen molar-refractivity contribution in [2.24, 2.45) is 11.7 Å². The minimum atomic E-state index is 0.412. The summed E-state index contributed by atoms with van der Waals surface area (Å²) in [6.07, 6.45) is 6.09. The van der Waals surface area contributed by atoms with Crippen molar-refractivity contribution in [3.8, 4) is 0 Å². The van der Waals surface area contributed by atoms with Crippen LogP contribution >= 0.6 is 0 Å². The third kappa shape index (κ3) is 2.80. The lowest BCUT2D eigenvalue weighted by atomic mass is 9.79. The summed E-state index contributed by atoms with van der Waals surface area (Å²) in [5.41, 5.74) is 5.77. The topological polar surface area (TPSA) is 66.0 Å². The average molecular weight is 224 g/mol. The van der Waals surface area contributed by atoms with Gasteiger partial charge in [0.05, 0.1) is 0 Å². The molecule has 1 saturated carbocycles. The van der Waals surface area contributed by atoms with E-state index in [4.69, 9.17) is 10.5 Å². The molecular formula is C11H20N4O. The van der Waals surface area contributed by atoms with Gasteiger partial charge in [-0.1, -0.05) is 0 Å². The fourth-order valence-electron chi connectivity index (χ4n) is 2.22. The van der Waals surface area contributed by atoms with Crippen molar-refractivity contribution < 1.29 is 4.74 Å². The van der Waals surface area contributed by atoms with Gasteiger partial charge in [-0.15, -0.1) is 10.2 Å². The van der Waals surface area contributed by atoms with Gasteiger partial charge in [0, 0.05) is 32.7 Å². The van der Waals surface area contributed by atoms with Gasteiger partial charge < -0.3 is 15.0 Å². The van der Waals surface area contributed by atoms with Crippen LogP contribution < -0.4 is 5.73 Å². The number of aryl methyl sites for hydroxylation is 1. The van der Waals surface area contributed by atoms with Gasteiger partial charge >= 0.3 is 0 Å². The zero-order chi connectivity index (χ0) is 11.4. The monoisotopic (exact) mass is 224 g/mol. The Morgan fingerprint density at radius 3 is 3.06 bits per heavy atom. The number of aromatic nitrogens is 3. The van der Waals surface area contributed by atoms with E-state index in [-0.39, 0.29) is 0 Å². The molecule has 90 valence electrons. The van der Waals surface area contributed by atoms with Crippen LogP contribution in [0.15, 0.2) is 6.33 Å². The maximum Gasteiger partial charge on any atom is 0.133 e. The molecule has 1 aliphatic rings. The smallest absolute Gasteiger partial charge is 0.133 e. The van der Waals surface area contributed by atoms with Gasteiger partial charge in [-0.05, 0) is 25.2 Å². The van der Waals surface area contributed by atoms with Crippen LogP contribution in [0.3, 0.4) is 0 Å². The van der Waals surface area contributed by atoms with E-state index in [0.717, 1.165) is 44.7 Å². The van der Waals surface area contributed by atoms with Crippen molar-refractivity contribution in [2.75, 3.05) is 13.7 Å². The summed E-state index contributed by atoms with van der Waals surface area (Å²) in [6.45, 7) is 1.72. The van der Waals surface area contributed by atoms with Gasteiger partial charge in [-0.3, -0.25) is 0 Å². The Kier molecular flexibility index (Phi) is 3.90. The number of ether oxygens (including phenoxy) is 1. The molecule has 0 aromatic carbocycles. The Bertz CT molecular complexity index is 320. The summed E-state index contributed by atoms with van der Waals surface area (Å²) in [4.78, 5) is 0. The lowest BCUT2D eigenvalue weighted by molar-refractivity contribution is 0.189. The number of hydrogen-bond donors (Lipinski definition) is 1.